The van der Waals surface area contributed by atoms with Gasteiger partial charge in [0.1, 0.15) is 11.6 Å². The summed E-state index contributed by atoms with van der Waals surface area (Å²) in [6.45, 7) is 0. The van der Waals surface area contributed by atoms with Gasteiger partial charge in [0.2, 0.25) is 0 Å². The third kappa shape index (κ3) is 4.31. The first-order valence-electron chi connectivity index (χ1n) is 2.75. The summed E-state index contributed by atoms with van der Waals surface area (Å²) in [6.07, 6.45) is 1.12. The zero-order valence-corrected chi connectivity index (χ0v) is 7.20. The molecule has 0 atom stereocenters. The summed E-state index contributed by atoms with van der Waals surface area (Å²) >= 11 is 0. The normalized spacial score (nSPS) is 11.1. The number of hydrogen-bond donors (Lipinski definition) is 1. The molecule has 0 aromatic rings. The van der Waals surface area contributed by atoms with Crippen LogP contribution in [0.5, 0.6) is 0 Å². The lowest BCUT2D eigenvalue weighted by molar-refractivity contribution is 0.592. The molecule has 10 heavy (non-hydrogen) atoms. The van der Waals surface area contributed by atoms with Crippen molar-refractivity contribution in [2.75, 3.05) is 26.1 Å². The van der Waals surface area contributed by atoms with Crippen molar-refractivity contribution in [3.05, 3.63) is 0 Å². The Balaban J connectivity index is 4.07. The number of hydrogen-bond acceptors (Lipinski definition) is 3. The van der Waals surface area contributed by atoms with E-state index in [1.165, 1.54) is 4.90 Å². The van der Waals surface area contributed by atoms with Crippen LogP contribution in [0.3, 0.4) is 0 Å². The maximum Gasteiger partial charge on any atom is 0.154 e. The van der Waals surface area contributed by atoms with Crippen LogP contribution < -0.4 is 0 Å². The lowest BCUT2D eigenvalue weighted by atomic mass is 10.6. The highest BCUT2D eigenvalue weighted by Crippen LogP contribution is 1.86. The molecule has 0 fully saturated rings. The molecular weight excluding hydrogens is 152 g/mol. The molecule has 0 rings (SSSR count). The van der Waals surface area contributed by atoms with Gasteiger partial charge in [0, 0.05) is 20.4 Å². The molecule has 0 spiro atoms. The topological polar surface area (TPSA) is 61.2 Å². The van der Waals surface area contributed by atoms with E-state index in [4.69, 9.17) is 5.41 Å². The molecule has 0 saturated carbocycles. The third-order valence-electron chi connectivity index (χ3n) is 0.939. The van der Waals surface area contributed by atoms with Gasteiger partial charge in [0.25, 0.3) is 0 Å². The van der Waals surface area contributed by atoms with Gasteiger partial charge in [0.15, 0.2) is 9.84 Å². The summed E-state index contributed by atoms with van der Waals surface area (Å²) in [5.74, 6) is -0.0671. The van der Waals surface area contributed by atoms with E-state index in [0.29, 0.717) is 0 Å². The highest BCUT2D eigenvalue weighted by molar-refractivity contribution is 7.91. The Bertz CT molecular complexity index is 218. The van der Waals surface area contributed by atoms with Gasteiger partial charge in [-0.15, -0.1) is 0 Å². The molecule has 0 aromatic heterocycles. The van der Waals surface area contributed by atoms with E-state index in [1.807, 2.05) is 0 Å². The zero-order valence-electron chi connectivity index (χ0n) is 6.38. The molecule has 1 N–H and O–H groups in total. The lowest BCUT2D eigenvalue weighted by Crippen LogP contribution is -2.27. The van der Waals surface area contributed by atoms with Crippen LogP contribution in [0.4, 0.5) is 0 Å². The molecule has 4 nitrogen and oxygen atoms in total. The Hall–Kier alpha value is -0.580. The van der Waals surface area contributed by atoms with Crippen LogP contribution >= 0.6 is 0 Å². The fraction of sp³-hybridized carbons (Fsp3) is 0.800. The van der Waals surface area contributed by atoms with Gasteiger partial charge in [-0.25, -0.2) is 8.42 Å². The number of nitrogens with one attached hydrogen (secondary N) is 1. The fourth-order valence-electron chi connectivity index (χ4n) is 0.377. The van der Waals surface area contributed by atoms with E-state index < -0.39 is 9.84 Å². The molecule has 0 aliphatic heterocycles. The van der Waals surface area contributed by atoms with Gasteiger partial charge >= 0.3 is 0 Å². The maximum absolute atomic E-state index is 10.6. The van der Waals surface area contributed by atoms with Crippen LogP contribution in [0.1, 0.15) is 0 Å². The quantitative estimate of drug-likeness (QED) is 0.445. The number of sulfone groups is 1. The van der Waals surface area contributed by atoms with Crippen molar-refractivity contribution in [3.8, 4) is 0 Å². The minimum atomic E-state index is -3.03. The van der Waals surface area contributed by atoms with E-state index in [1.54, 1.807) is 14.1 Å². The van der Waals surface area contributed by atoms with Crippen molar-refractivity contribution in [2.24, 2.45) is 0 Å². The van der Waals surface area contributed by atoms with Crippen molar-refractivity contribution in [1.82, 2.24) is 4.90 Å². The zero-order chi connectivity index (χ0) is 8.36. The first-order chi connectivity index (χ1) is 4.33. The first-order valence-corrected chi connectivity index (χ1v) is 4.81. The van der Waals surface area contributed by atoms with Gasteiger partial charge in [0.05, 0.1) is 0 Å². The van der Waals surface area contributed by atoms with E-state index in [0.717, 1.165) is 6.26 Å². The summed E-state index contributed by atoms with van der Waals surface area (Å²) in [7, 11) is 0.258. The second-order valence-corrected chi connectivity index (χ2v) is 4.55. The molecule has 0 amide bonds. The maximum atomic E-state index is 10.6. The average Bonchev–Trinajstić information content (AvgIpc) is 1.60. The summed E-state index contributed by atoms with van der Waals surface area (Å²) in [5.41, 5.74) is 0. The molecule has 0 bridgehead atoms. The van der Waals surface area contributed by atoms with E-state index in [9.17, 15) is 8.42 Å². The molecule has 0 unspecified atom stereocenters. The molecule has 0 aliphatic rings. The first kappa shape index (κ1) is 9.42. The highest BCUT2D eigenvalue weighted by Gasteiger charge is 2.07. The Morgan fingerprint density at radius 2 is 1.90 bits per heavy atom. The SMILES string of the molecule is CN(C)C(=N)CS(C)(=O)=O. The number of nitrogens with zero attached hydrogens (tertiary/aromatic N) is 1. The molecule has 0 radical (unpaired) electrons. The van der Waals surface area contributed by atoms with Crippen LogP contribution in [-0.4, -0.2) is 45.3 Å². The van der Waals surface area contributed by atoms with E-state index >= 15 is 0 Å². The predicted octanol–water partition coefficient (Wildman–Crippen LogP) is -0.430. The minimum absolute atomic E-state index is 0.113. The molecule has 0 aromatic carbocycles. The van der Waals surface area contributed by atoms with Gasteiger partial charge in [-0.1, -0.05) is 0 Å². The lowest BCUT2D eigenvalue weighted by Gasteiger charge is -2.11. The molecule has 5 heteroatoms. The summed E-state index contributed by atoms with van der Waals surface area (Å²) in [5, 5.41) is 7.15. The molecule has 0 heterocycles. The van der Waals surface area contributed by atoms with E-state index in [-0.39, 0.29) is 11.6 Å². The second-order valence-electron chi connectivity index (χ2n) is 2.41. The smallest absolute Gasteiger partial charge is 0.154 e. The standard InChI is InChI=1S/C5H12N2O2S/c1-7(2)5(6)4-10(3,8)9/h6H,4H2,1-3H3. The Morgan fingerprint density at radius 1 is 1.50 bits per heavy atom. The van der Waals surface area contributed by atoms with Crippen LogP contribution in [0.15, 0.2) is 0 Å². The van der Waals surface area contributed by atoms with Crippen LogP contribution in [0.25, 0.3) is 0 Å². The third-order valence-corrected chi connectivity index (χ3v) is 1.74. The van der Waals surface area contributed by atoms with Gasteiger partial charge < -0.3 is 4.90 Å². The van der Waals surface area contributed by atoms with Crippen LogP contribution in [0, 0.1) is 5.41 Å². The molecular formula is C5H12N2O2S. The largest absolute Gasteiger partial charge is 0.366 e. The number of amidine groups is 1. The molecule has 60 valence electrons. The monoisotopic (exact) mass is 164 g/mol. The second kappa shape index (κ2) is 3.01. The van der Waals surface area contributed by atoms with Crippen LogP contribution in [-0.2, 0) is 9.84 Å². The van der Waals surface area contributed by atoms with Gasteiger partial charge in [-0.2, -0.15) is 0 Å². The van der Waals surface area contributed by atoms with Crippen molar-refractivity contribution in [1.29, 1.82) is 5.41 Å². The predicted molar refractivity (Wildman–Crippen MR) is 41.1 cm³/mol. The average molecular weight is 164 g/mol. The summed E-state index contributed by atoms with van der Waals surface area (Å²) in [4.78, 5) is 1.47. The minimum Gasteiger partial charge on any atom is -0.366 e. The van der Waals surface area contributed by atoms with Crippen molar-refractivity contribution in [2.45, 2.75) is 0 Å². The molecule has 0 aliphatic carbocycles. The van der Waals surface area contributed by atoms with Crippen LogP contribution in [0.2, 0.25) is 0 Å². The molecule has 0 saturated heterocycles. The van der Waals surface area contributed by atoms with Gasteiger partial charge in [-0.3, -0.25) is 5.41 Å². The summed E-state index contributed by atoms with van der Waals surface area (Å²) < 4.78 is 21.2. The highest BCUT2D eigenvalue weighted by atomic mass is 32.2. The Kier molecular flexibility index (Phi) is 2.83. The van der Waals surface area contributed by atoms with E-state index in [2.05, 4.69) is 0 Å². The van der Waals surface area contributed by atoms with Crippen molar-refractivity contribution >= 4 is 15.7 Å². The van der Waals surface area contributed by atoms with Crippen molar-refractivity contribution in [3.63, 3.8) is 0 Å². The fourth-order valence-corrected chi connectivity index (χ4v) is 1.13. The summed E-state index contributed by atoms with van der Waals surface area (Å²) in [6, 6.07) is 0. The Morgan fingerprint density at radius 3 is 2.00 bits per heavy atom. The number of rotatable bonds is 2. The van der Waals surface area contributed by atoms with Gasteiger partial charge in [-0.05, 0) is 0 Å². The van der Waals surface area contributed by atoms with Crippen molar-refractivity contribution < 1.29 is 8.42 Å². The Labute approximate surface area is 61.3 Å².